The number of aromatic nitrogens is 3. The van der Waals surface area contributed by atoms with Crippen LogP contribution in [0.1, 0.15) is 31.7 Å². The molecular formula is C7H14N4O. The van der Waals surface area contributed by atoms with Gasteiger partial charge in [-0.1, -0.05) is 5.21 Å². The largest absolute Gasteiger partial charge is 0.385 e. The smallest absolute Gasteiger partial charge is 0.109 e. The summed E-state index contributed by atoms with van der Waals surface area (Å²) in [6.45, 7) is 4.14. The van der Waals surface area contributed by atoms with Gasteiger partial charge in [0.05, 0.1) is 11.9 Å². The van der Waals surface area contributed by atoms with E-state index in [1.165, 1.54) is 6.20 Å². The number of nitrogens with zero attached hydrogens (tertiary/aromatic N) is 3. The maximum Gasteiger partial charge on any atom is 0.109 e. The van der Waals surface area contributed by atoms with Crippen molar-refractivity contribution in [3.8, 4) is 0 Å². The van der Waals surface area contributed by atoms with Gasteiger partial charge in [-0.25, -0.2) is 4.68 Å². The standard InChI is InChI=1S/C7H14N4O/c1-5(2)11-6(4-9-10-11)7(12)3-8/h4-5,7,12H,3,8H2,1-2H3. The highest BCUT2D eigenvalue weighted by molar-refractivity contribution is 5.00. The molecule has 3 N–H and O–H groups in total. The number of hydrogen-bond donors (Lipinski definition) is 2. The van der Waals surface area contributed by atoms with Crippen molar-refractivity contribution >= 4 is 0 Å². The van der Waals surface area contributed by atoms with Crippen molar-refractivity contribution in [3.63, 3.8) is 0 Å². The maximum absolute atomic E-state index is 9.42. The molecule has 0 bridgehead atoms. The third-order valence-corrected chi connectivity index (χ3v) is 1.66. The van der Waals surface area contributed by atoms with Crippen LogP contribution in [0.3, 0.4) is 0 Å². The highest BCUT2D eigenvalue weighted by Crippen LogP contribution is 2.13. The minimum Gasteiger partial charge on any atom is -0.385 e. The van der Waals surface area contributed by atoms with Gasteiger partial charge in [0.2, 0.25) is 0 Å². The van der Waals surface area contributed by atoms with Gasteiger partial charge in [0.1, 0.15) is 6.10 Å². The first kappa shape index (κ1) is 9.15. The van der Waals surface area contributed by atoms with Crippen LogP contribution in [0.25, 0.3) is 0 Å². The Kier molecular flexibility index (Phi) is 2.78. The molecule has 12 heavy (non-hydrogen) atoms. The molecule has 1 aromatic rings. The van der Waals surface area contributed by atoms with Crippen molar-refractivity contribution in [2.75, 3.05) is 6.54 Å². The van der Waals surface area contributed by atoms with Crippen LogP contribution < -0.4 is 5.73 Å². The van der Waals surface area contributed by atoms with Crippen LogP contribution in [0.15, 0.2) is 6.20 Å². The molecule has 1 atom stereocenters. The first-order chi connectivity index (χ1) is 5.66. The summed E-state index contributed by atoms with van der Waals surface area (Å²) < 4.78 is 1.66. The SMILES string of the molecule is CC(C)n1nncc1C(O)CN. The molecule has 0 aliphatic rings. The summed E-state index contributed by atoms with van der Waals surface area (Å²) in [5.74, 6) is 0. The van der Waals surface area contributed by atoms with E-state index < -0.39 is 6.10 Å². The number of nitrogens with two attached hydrogens (primary N) is 1. The molecule has 0 aliphatic carbocycles. The summed E-state index contributed by atoms with van der Waals surface area (Å²) >= 11 is 0. The summed E-state index contributed by atoms with van der Waals surface area (Å²) in [6, 6.07) is 0.198. The van der Waals surface area contributed by atoms with E-state index in [-0.39, 0.29) is 12.6 Å². The Morgan fingerprint density at radius 2 is 2.33 bits per heavy atom. The van der Waals surface area contributed by atoms with Crippen molar-refractivity contribution in [2.45, 2.75) is 26.0 Å². The molecule has 0 radical (unpaired) electrons. The van der Waals surface area contributed by atoms with Gasteiger partial charge in [0.15, 0.2) is 0 Å². The topological polar surface area (TPSA) is 77.0 Å². The lowest BCUT2D eigenvalue weighted by molar-refractivity contribution is 0.172. The molecular weight excluding hydrogens is 156 g/mol. The van der Waals surface area contributed by atoms with Crippen LogP contribution >= 0.6 is 0 Å². The molecule has 1 aromatic heterocycles. The van der Waals surface area contributed by atoms with Crippen LogP contribution in [0, 0.1) is 0 Å². The average molecular weight is 170 g/mol. The van der Waals surface area contributed by atoms with Gasteiger partial charge in [0.25, 0.3) is 0 Å². The van der Waals surface area contributed by atoms with Crippen LogP contribution in [0.4, 0.5) is 0 Å². The summed E-state index contributed by atoms with van der Waals surface area (Å²) in [6.07, 6.45) is 0.875. The molecule has 1 rings (SSSR count). The average Bonchev–Trinajstić information content (AvgIpc) is 2.50. The molecule has 5 nitrogen and oxygen atoms in total. The van der Waals surface area contributed by atoms with Crippen molar-refractivity contribution in [2.24, 2.45) is 5.73 Å². The quantitative estimate of drug-likeness (QED) is 0.661. The van der Waals surface area contributed by atoms with Gasteiger partial charge in [-0.3, -0.25) is 0 Å². The Labute approximate surface area is 71.2 Å². The van der Waals surface area contributed by atoms with Crippen molar-refractivity contribution in [1.82, 2.24) is 15.0 Å². The van der Waals surface area contributed by atoms with Crippen molar-refractivity contribution < 1.29 is 5.11 Å². The van der Waals surface area contributed by atoms with Crippen LogP contribution in [-0.4, -0.2) is 26.6 Å². The minimum atomic E-state index is -0.664. The Bertz CT molecular complexity index is 245. The van der Waals surface area contributed by atoms with Gasteiger partial charge in [0, 0.05) is 12.6 Å². The fourth-order valence-corrected chi connectivity index (χ4v) is 1.01. The zero-order valence-corrected chi connectivity index (χ0v) is 7.31. The van der Waals surface area contributed by atoms with Crippen LogP contribution in [0.5, 0.6) is 0 Å². The Balaban J connectivity index is 2.91. The van der Waals surface area contributed by atoms with Gasteiger partial charge in [-0.15, -0.1) is 5.10 Å². The van der Waals surface area contributed by atoms with Gasteiger partial charge < -0.3 is 10.8 Å². The highest BCUT2D eigenvalue weighted by atomic mass is 16.3. The molecule has 1 unspecified atom stereocenters. The zero-order valence-electron chi connectivity index (χ0n) is 7.31. The maximum atomic E-state index is 9.42. The van der Waals surface area contributed by atoms with Gasteiger partial charge in [-0.05, 0) is 13.8 Å². The molecule has 0 spiro atoms. The molecule has 0 saturated heterocycles. The summed E-state index contributed by atoms with van der Waals surface area (Å²) in [7, 11) is 0. The highest BCUT2D eigenvalue weighted by Gasteiger charge is 2.13. The summed E-state index contributed by atoms with van der Waals surface area (Å²) in [5, 5.41) is 17.0. The van der Waals surface area contributed by atoms with Crippen molar-refractivity contribution in [3.05, 3.63) is 11.9 Å². The summed E-state index contributed by atoms with van der Waals surface area (Å²) in [4.78, 5) is 0. The first-order valence-electron chi connectivity index (χ1n) is 3.95. The predicted octanol–water partition coefficient (Wildman–Crippen LogP) is -0.149. The van der Waals surface area contributed by atoms with Crippen molar-refractivity contribution in [1.29, 1.82) is 0 Å². The number of rotatable bonds is 3. The molecule has 68 valence electrons. The first-order valence-corrected chi connectivity index (χ1v) is 3.95. The lowest BCUT2D eigenvalue weighted by Crippen LogP contribution is -2.17. The molecule has 0 aliphatic heterocycles. The normalized spacial score (nSPS) is 13.8. The second-order valence-electron chi connectivity index (χ2n) is 2.95. The van der Waals surface area contributed by atoms with E-state index >= 15 is 0 Å². The number of hydrogen-bond acceptors (Lipinski definition) is 4. The molecule has 5 heteroatoms. The van der Waals surface area contributed by atoms with Crippen LogP contribution in [-0.2, 0) is 0 Å². The summed E-state index contributed by atoms with van der Waals surface area (Å²) in [5.41, 5.74) is 5.99. The van der Waals surface area contributed by atoms with E-state index in [1.807, 2.05) is 13.8 Å². The van der Waals surface area contributed by atoms with E-state index in [0.717, 1.165) is 0 Å². The zero-order chi connectivity index (χ0) is 9.14. The molecule has 0 amide bonds. The fourth-order valence-electron chi connectivity index (χ4n) is 1.01. The molecule has 0 saturated carbocycles. The fraction of sp³-hybridized carbons (Fsp3) is 0.714. The van der Waals surface area contributed by atoms with E-state index in [4.69, 9.17) is 5.73 Å². The van der Waals surface area contributed by atoms with E-state index in [2.05, 4.69) is 10.3 Å². The Morgan fingerprint density at radius 3 is 2.83 bits per heavy atom. The van der Waals surface area contributed by atoms with E-state index in [0.29, 0.717) is 5.69 Å². The second-order valence-corrected chi connectivity index (χ2v) is 2.95. The van der Waals surface area contributed by atoms with E-state index in [1.54, 1.807) is 4.68 Å². The van der Waals surface area contributed by atoms with Gasteiger partial charge in [-0.2, -0.15) is 0 Å². The lowest BCUT2D eigenvalue weighted by atomic mass is 10.2. The Hall–Kier alpha value is -0.940. The van der Waals surface area contributed by atoms with Crippen LogP contribution in [0.2, 0.25) is 0 Å². The molecule has 1 heterocycles. The number of aliphatic hydroxyl groups is 1. The Morgan fingerprint density at radius 1 is 1.67 bits per heavy atom. The van der Waals surface area contributed by atoms with E-state index in [9.17, 15) is 5.11 Å². The minimum absolute atomic E-state index is 0.195. The second kappa shape index (κ2) is 3.64. The van der Waals surface area contributed by atoms with Gasteiger partial charge >= 0.3 is 0 Å². The predicted molar refractivity (Wildman–Crippen MR) is 44.4 cm³/mol. The monoisotopic (exact) mass is 170 g/mol. The lowest BCUT2D eigenvalue weighted by Gasteiger charge is -2.12. The molecule has 0 aromatic carbocycles. The third kappa shape index (κ3) is 1.62. The molecule has 0 fully saturated rings. The number of aliphatic hydroxyl groups excluding tert-OH is 1. The third-order valence-electron chi connectivity index (χ3n) is 1.66.